The Hall–Kier alpha value is -1.09. The molecule has 1 fully saturated rings. The first-order valence-electron chi connectivity index (χ1n) is 5.29. The monoisotopic (exact) mass is 209 g/mol. The summed E-state index contributed by atoms with van der Waals surface area (Å²) >= 11 is 0. The Morgan fingerprint density at radius 1 is 1.40 bits per heavy atom. The third-order valence-electron chi connectivity index (χ3n) is 2.87. The van der Waals surface area contributed by atoms with Gasteiger partial charge >= 0.3 is 0 Å². The van der Waals surface area contributed by atoms with Crippen molar-refractivity contribution in [2.45, 2.75) is 13.3 Å². The molecule has 0 aromatic rings. The van der Waals surface area contributed by atoms with Crippen molar-refractivity contribution in [2.75, 3.05) is 26.3 Å². The van der Waals surface area contributed by atoms with Crippen molar-refractivity contribution >= 4 is 5.91 Å². The van der Waals surface area contributed by atoms with Gasteiger partial charge in [-0.15, -0.1) is 13.2 Å². The van der Waals surface area contributed by atoms with Crippen LogP contribution in [0.5, 0.6) is 0 Å². The number of hydrogen-bond donors (Lipinski definition) is 0. The van der Waals surface area contributed by atoms with E-state index in [0.717, 1.165) is 6.42 Å². The summed E-state index contributed by atoms with van der Waals surface area (Å²) in [5.41, 5.74) is -0.286. The molecule has 3 nitrogen and oxygen atoms in total. The quantitative estimate of drug-likeness (QED) is 0.622. The number of hydrogen-bond acceptors (Lipinski definition) is 2. The van der Waals surface area contributed by atoms with Crippen molar-refractivity contribution in [3.63, 3.8) is 0 Å². The van der Waals surface area contributed by atoms with Crippen molar-refractivity contribution < 1.29 is 9.53 Å². The van der Waals surface area contributed by atoms with Crippen LogP contribution in [0.2, 0.25) is 0 Å². The van der Waals surface area contributed by atoms with Gasteiger partial charge in [0, 0.05) is 13.1 Å². The second-order valence-electron chi connectivity index (χ2n) is 3.91. The molecule has 0 N–H and O–H groups in total. The average molecular weight is 209 g/mol. The fraction of sp³-hybridized carbons (Fsp3) is 0.583. The van der Waals surface area contributed by atoms with Gasteiger partial charge in [-0.2, -0.15) is 0 Å². The standard InChI is InChI=1S/C12H19NO2/c1-4-7-13(8-5-2)11(14)12(6-3)9-15-10-12/h4-5H,1-2,6-10H2,3H3. The van der Waals surface area contributed by atoms with Crippen LogP contribution in [0.1, 0.15) is 13.3 Å². The molecule has 0 saturated carbocycles. The third kappa shape index (κ3) is 2.29. The Balaban J connectivity index is 2.69. The van der Waals surface area contributed by atoms with Gasteiger partial charge in [-0.1, -0.05) is 19.1 Å². The van der Waals surface area contributed by atoms with Gasteiger partial charge in [0.25, 0.3) is 0 Å². The van der Waals surface area contributed by atoms with Crippen LogP contribution in [0.15, 0.2) is 25.3 Å². The average Bonchev–Trinajstić information content (AvgIpc) is 2.16. The van der Waals surface area contributed by atoms with E-state index in [2.05, 4.69) is 13.2 Å². The maximum Gasteiger partial charge on any atom is 0.234 e. The molecule has 15 heavy (non-hydrogen) atoms. The Morgan fingerprint density at radius 2 is 1.93 bits per heavy atom. The molecule has 0 aliphatic carbocycles. The van der Waals surface area contributed by atoms with Crippen molar-refractivity contribution in [3.8, 4) is 0 Å². The molecule has 3 heteroatoms. The summed E-state index contributed by atoms with van der Waals surface area (Å²) in [6.45, 7) is 11.6. The first-order chi connectivity index (χ1) is 7.20. The van der Waals surface area contributed by atoms with Gasteiger partial charge in [-0.25, -0.2) is 0 Å². The Morgan fingerprint density at radius 3 is 2.20 bits per heavy atom. The van der Waals surface area contributed by atoms with Gasteiger partial charge in [-0.3, -0.25) is 4.79 Å². The van der Waals surface area contributed by atoms with Crippen molar-refractivity contribution in [1.29, 1.82) is 0 Å². The fourth-order valence-corrected chi connectivity index (χ4v) is 1.71. The molecule has 0 atom stereocenters. The second kappa shape index (κ2) is 5.12. The zero-order valence-electron chi connectivity index (χ0n) is 9.37. The Kier molecular flexibility index (Phi) is 4.09. The molecule has 1 rings (SSSR count). The van der Waals surface area contributed by atoms with E-state index >= 15 is 0 Å². The molecule has 0 unspecified atom stereocenters. The SMILES string of the molecule is C=CCN(CC=C)C(=O)C1(CC)COC1. The number of amides is 1. The van der Waals surface area contributed by atoms with Crippen LogP contribution in [-0.4, -0.2) is 37.1 Å². The summed E-state index contributed by atoms with van der Waals surface area (Å²) in [5.74, 6) is 0.163. The zero-order chi connectivity index (χ0) is 11.3. The lowest BCUT2D eigenvalue weighted by Crippen LogP contribution is -2.55. The number of nitrogens with zero attached hydrogens (tertiary/aromatic N) is 1. The number of rotatable bonds is 6. The van der Waals surface area contributed by atoms with E-state index in [-0.39, 0.29) is 11.3 Å². The van der Waals surface area contributed by atoms with Crippen LogP contribution in [0, 0.1) is 5.41 Å². The Bertz CT molecular complexity index is 241. The molecular weight excluding hydrogens is 190 g/mol. The van der Waals surface area contributed by atoms with Crippen molar-refractivity contribution in [1.82, 2.24) is 4.90 Å². The lowest BCUT2D eigenvalue weighted by molar-refractivity contribution is -0.172. The molecule has 1 aliphatic heterocycles. The van der Waals surface area contributed by atoms with E-state index in [1.54, 1.807) is 17.1 Å². The van der Waals surface area contributed by atoms with Crippen molar-refractivity contribution in [3.05, 3.63) is 25.3 Å². The summed E-state index contributed by atoms with van der Waals surface area (Å²) in [4.78, 5) is 14.0. The normalized spacial score (nSPS) is 17.7. The predicted octanol–water partition coefficient (Wildman–Crippen LogP) is 1.61. The smallest absolute Gasteiger partial charge is 0.234 e. The molecule has 0 spiro atoms. The van der Waals surface area contributed by atoms with Gasteiger partial charge in [-0.05, 0) is 6.42 Å². The summed E-state index contributed by atoms with van der Waals surface area (Å²) in [5, 5.41) is 0. The third-order valence-corrected chi connectivity index (χ3v) is 2.87. The predicted molar refractivity (Wildman–Crippen MR) is 60.5 cm³/mol. The molecular formula is C12H19NO2. The largest absolute Gasteiger partial charge is 0.379 e. The number of carbonyl (C=O) groups excluding carboxylic acids is 1. The first-order valence-corrected chi connectivity index (χ1v) is 5.29. The minimum Gasteiger partial charge on any atom is -0.379 e. The minimum absolute atomic E-state index is 0.163. The molecule has 1 saturated heterocycles. The highest BCUT2D eigenvalue weighted by molar-refractivity contribution is 5.84. The van der Waals surface area contributed by atoms with Gasteiger partial charge in [0.2, 0.25) is 5.91 Å². The highest BCUT2D eigenvalue weighted by Crippen LogP contribution is 2.33. The van der Waals surface area contributed by atoms with Crippen molar-refractivity contribution in [2.24, 2.45) is 5.41 Å². The fourth-order valence-electron chi connectivity index (χ4n) is 1.71. The maximum absolute atomic E-state index is 12.2. The van der Waals surface area contributed by atoms with Gasteiger partial charge in [0.1, 0.15) is 0 Å². The minimum atomic E-state index is -0.286. The van der Waals surface area contributed by atoms with Gasteiger partial charge in [0.05, 0.1) is 18.6 Å². The van der Waals surface area contributed by atoms with Crippen LogP contribution in [0.3, 0.4) is 0 Å². The number of carbonyl (C=O) groups is 1. The van der Waals surface area contributed by atoms with Gasteiger partial charge in [0.15, 0.2) is 0 Å². The Labute approximate surface area is 91.4 Å². The summed E-state index contributed by atoms with van der Waals surface area (Å²) in [7, 11) is 0. The first kappa shape index (κ1) is 12.0. The molecule has 0 bridgehead atoms. The van der Waals surface area contributed by atoms with E-state index in [1.807, 2.05) is 6.92 Å². The van der Waals surface area contributed by atoms with E-state index < -0.39 is 0 Å². The van der Waals surface area contributed by atoms with Crippen LogP contribution in [0.25, 0.3) is 0 Å². The highest BCUT2D eigenvalue weighted by atomic mass is 16.5. The van der Waals surface area contributed by atoms with Gasteiger partial charge < -0.3 is 9.64 Å². The molecule has 0 radical (unpaired) electrons. The zero-order valence-corrected chi connectivity index (χ0v) is 9.37. The van der Waals surface area contributed by atoms with Crippen LogP contribution in [0.4, 0.5) is 0 Å². The van der Waals surface area contributed by atoms with Crippen LogP contribution < -0.4 is 0 Å². The van der Waals surface area contributed by atoms with E-state index in [0.29, 0.717) is 26.3 Å². The summed E-state index contributed by atoms with van der Waals surface area (Å²) in [6.07, 6.45) is 4.31. The molecule has 1 aliphatic rings. The van der Waals surface area contributed by atoms with Crippen LogP contribution in [-0.2, 0) is 9.53 Å². The van der Waals surface area contributed by atoms with Crippen LogP contribution >= 0.6 is 0 Å². The highest BCUT2D eigenvalue weighted by Gasteiger charge is 2.45. The van der Waals surface area contributed by atoms with E-state index in [1.165, 1.54) is 0 Å². The molecule has 0 aromatic carbocycles. The molecule has 84 valence electrons. The lowest BCUT2D eigenvalue weighted by Gasteiger charge is -2.42. The second-order valence-corrected chi connectivity index (χ2v) is 3.91. The van der Waals surface area contributed by atoms with E-state index in [9.17, 15) is 4.79 Å². The lowest BCUT2D eigenvalue weighted by atomic mass is 9.81. The summed E-state index contributed by atoms with van der Waals surface area (Å²) < 4.78 is 5.16. The maximum atomic E-state index is 12.2. The summed E-state index contributed by atoms with van der Waals surface area (Å²) in [6, 6.07) is 0. The topological polar surface area (TPSA) is 29.5 Å². The van der Waals surface area contributed by atoms with E-state index in [4.69, 9.17) is 4.74 Å². The molecule has 1 heterocycles. The number of ether oxygens (including phenoxy) is 1. The molecule has 0 aromatic heterocycles. The molecule has 1 amide bonds.